The molecule has 0 saturated carbocycles. The van der Waals surface area contributed by atoms with Crippen molar-refractivity contribution >= 4 is 10.0 Å². The zero-order valence-electron chi connectivity index (χ0n) is 13.7. The van der Waals surface area contributed by atoms with Crippen molar-refractivity contribution in [2.24, 2.45) is 0 Å². The van der Waals surface area contributed by atoms with Gasteiger partial charge in [0.25, 0.3) is 0 Å². The summed E-state index contributed by atoms with van der Waals surface area (Å²) in [6.07, 6.45) is 0. The SMILES string of the molecule is CNCc1cc(S(=O)(=O)NCC(C)(C)OC)c(C)cc1C. The molecule has 0 heterocycles. The van der Waals surface area contributed by atoms with Crippen molar-refractivity contribution in [2.75, 3.05) is 20.7 Å². The van der Waals surface area contributed by atoms with Crippen LogP contribution in [0.2, 0.25) is 0 Å². The molecule has 2 N–H and O–H groups in total. The minimum absolute atomic E-state index is 0.223. The Kier molecular flexibility index (Phi) is 5.92. The van der Waals surface area contributed by atoms with Crippen LogP contribution in [0.1, 0.15) is 30.5 Å². The van der Waals surface area contributed by atoms with E-state index in [-0.39, 0.29) is 6.54 Å². The predicted molar refractivity (Wildman–Crippen MR) is 85.0 cm³/mol. The zero-order chi connectivity index (χ0) is 16.3. The predicted octanol–water partition coefficient (Wildman–Crippen LogP) is 1.73. The molecule has 0 unspecified atom stereocenters. The number of nitrogens with one attached hydrogen (secondary N) is 2. The molecule has 1 aromatic rings. The number of hydrogen-bond acceptors (Lipinski definition) is 4. The maximum Gasteiger partial charge on any atom is 0.240 e. The van der Waals surface area contributed by atoms with Gasteiger partial charge in [-0.05, 0) is 57.5 Å². The molecule has 6 heteroatoms. The highest BCUT2D eigenvalue weighted by atomic mass is 32.2. The van der Waals surface area contributed by atoms with Crippen molar-refractivity contribution in [3.63, 3.8) is 0 Å². The van der Waals surface area contributed by atoms with E-state index in [9.17, 15) is 8.42 Å². The Hall–Kier alpha value is -0.950. The molecule has 0 aliphatic carbocycles. The van der Waals surface area contributed by atoms with Gasteiger partial charge in [-0.15, -0.1) is 0 Å². The average Bonchev–Trinajstić information content (AvgIpc) is 2.40. The van der Waals surface area contributed by atoms with Crippen molar-refractivity contribution in [1.29, 1.82) is 0 Å². The lowest BCUT2D eigenvalue weighted by atomic mass is 10.1. The normalized spacial score (nSPS) is 12.7. The highest BCUT2D eigenvalue weighted by molar-refractivity contribution is 7.89. The van der Waals surface area contributed by atoms with Crippen molar-refractivity contribution in [1.82, 2.24) is 10.0 Å². The molecule has 0 aliphatic heterocycles. The lowest BCUT2D eigenvalue weighted by molar-refractivity contribution is 0.0276. The number of ether oxygens (including phenoxy) is 1. The smallest absolute Gasteiger partial charge is 0.240 e. The Morgan fingerprint density at radius 2 is 1.81 bits per heavy atom. The number of hydrogen-bond donors (Lipinski definition) is 2. The van der Waals surface area contributed by atoms with E-state index in [1.54, 1.807) is 13.2 Å². The average molecular weight is 314 g/mol. The van der Waals surface area contributed by atoms with Gasteiger partial charge in [0.15, 0.2) is 0 Å². The molecule has 120 valence electrons. The summed E-state index contributed by atoms with van der Waals surface area (Å²) in [7, 11) is -0.144. The molecule has 0 bridgehead atoms. The Labute approximate surface area is 128 Å². The number of benzene rings is 1. The van der Waals surface area contributed by atoms with E-state index in [0.29, 0.717) is 11.4 Å². The van der Waals surface area contributed by atoms with Crippen LogP contribution in [-0.4, -0.2) is 34.7 Å². The van der Waals surface area contributed by atoms with Gasteiger partial charge >= 0.3 is 0 Å². The second kappa shape index (κ2) is 6.87. The van der Waals surface area contributed by atoms with E-state index in [4.69, 9.17) is 4.74 Å². The Morgan fingerprint density at radius 3 is 2.33 bits per heavy atom. The van der Waals surface area contributed by atoms with E-state index < -0.39 is 15.6 Å². The summed E-state index contributed by atoms with van der Waals surface area (Å²) in [6, 6.07) is 3.64. The molecule has 0 atom stereocenters. The third kappa shape index (κ3) is 4.78. The van der Waals surface area contributed by atoms with E-state index in [0.717, 1.165) is 16.7 Å². The first-order valence-electron chi connectivity index (χ1n) is 6.92. The molecule has 0 fully saturated rings. The van der Waals surface area contributed by atoms with Gasteiger partial charge in [0, 0.05) is 20.2 Å². The minimum atomic E-state index is -3.55. The van der Waals surface area contributed by atoms with Crippen molar-refractivity contribution in [2.45, 2.75) is 44.7 Å². The van der Waals surface area contributed by atoms with Gasteiger partial charge in [-0.1, -0.05) is 6.07 Å². The third-order valence-corrected chi connectivity index (χ3v) is 5.07. The first kappa shape index (κ1) is 18.1. The molecule has 0 aromatic heterocycles. The van der Waals surface area contributed by atoms with E-state index >= 15 is 0 Å². The lowest BCUT2D eigenvalue weighted by Gasteiger charge is -2.23. The van der Waals surface area contributed by atoms with Gasteiger partial charge in [-0.3, -0.25) is 0 Å². The van der Waals surface area contributed by atoms with E-state index in [1.807, 2.05) is 40.8 Å². The maximum absolute atomic E-state index is 12.5. The Bertz CT molecular complexity index is 595. The molecule has 21 heavy (non-hydrogen) atoms. The van der Waals surface area contributed by atoms with Crippen LogP contribution in [0.15, 0.2) is 17.0 Å². The molecule has 0 amide bonds. The van der Waals surface area contributed by atoms with E-state index in [1.165, 1.54) is 0 Å². The van der Waals surface area contributed by atoms with Gasteiger partial charge in [0.2, 0.25) is 10.0 Å². The van der Waals surface area contributed by atoms with Crippen LogP contribution in [0.25, 0.3) is 0 Å². The van der Waals surface area contributed by atoms with Crippen LogP contribution in [0.5, 0.6) is 0 Å². The standard InChI is InChI=1S/C15H26N2O3S/c1-11-7-12(2)14(8-13(11)9-16-5)21(18,19)17-10-15(3,4)20-6/h7-8,16-17H,9-10H2,1-6H3. The summed E-state index contributed by atoms with van der Waals surface area (Å²) < 4.78 is 32.9. The number of methoxy groups -OCH3 is 1. The zero-order valence-corrected chi connectivity index (χ0v) is 14.5. The van der Waals surface area contributed by atoms with Gasteiger partial charge in [-0.25, -0.2) is 13.1 Å². The van der Waals surface area contributed by atoms with Gasteiger partial charge < -0.3 is 10.1 Å². The summed E-state index contributed by atoms with van der Waals surface area (Å²) in [5.41, 5.74) is 2.27. The summed E-state index contributed by atoms with van der Waals surface area (Å²) in [6.45, 7) is 8.33. The summed E-state index contributed by atoms with van der Waals surface area (Å²) in [5.74, 6) is 0. The van der Waals surface area contributed by atoms with Gasteiger partial charge in [0.1, 0.15) is 0 Å². The molecule has 0 spiro atoms. The van der Waals surface area contributed by atoms with Crippen molar-refractivity contribution in [3.05, 3.63) is 28.8 Å². The summed E-state index contributed by atoms with van der Waals surface area (Å²) >= 11 is 0. The first-order valence-corrected chi connectivity index (χ1v) is 8.41. The van der Waals surface area contributed by atoms with Crippen LogP contribution in [0.3, 0.4) is 0 Å². The molecular formula is C15H26N2O3S. The molecule has 0 aliphatic rings. The lowest BCUT2D eigenvalue weighted by Crippen LogP contribution is -2.39. The van der Waals surface area contributed by atoms with E-state index in [2.05, 4.69) is 10.0 Å². The Balaban J connectivity index is 3.10. The third-order valence-electron chi connectivity index (χ3n) is 3.53. The topological polar surface area (TPSA) is 67.4 Å². The second-order valence-electron chi connectivity index (χ2n) is 5.86. The molecular weight excluding hydrogens is 288 g/mol. The molecule has 1 rings (SSSR count). The maximum atomic E-state index is 12.5. The van der Waals surface area contributed by atoms with Crippen LogP contribution in [-0.2, 0) is 21.3 Å². The van der Waals surface area contributed by atoms with Crippen LogP contribution >= 0.6 is 0 Å². The number of aryl methyl sites for hydroxylation is 2. The fraction of sp³-hybridized carbons (Fsp3) is 0.600. The quantitative estimate of drug-likeness (QED) is 0.804. The summed E-state index contributed by atoms with van der Waals surface area (Å²) in [5, 5.41) is 3.05. The molecule has 0 saturated heterocycles. The highest BCUT2D eigenvalue weighted by Crippen LogP contribution is 2.21. The largest absolute Gasteiger partial charge is 0.377 e. The van der Waals surface area contributed by atoms with Crippen LogP contribution < -0.4 is 10.0 Å². The van der Waals surface area contributed by atoms with Crippen molar-refractivity contribution < 1.29 is 13.2 Å². The fourth-order valence-corrected chi connectivity index (χ4v) is 3.44. The summed E-state index contributed by atoms with van der Waals surface area (Å²) in [4.78, 5) is 0.324. The first-order chi connectivity index (χ1) is 9.63. The fourth-order valence-electron chi connectivity index (χ4n) is 1.96. The van der Waals surface area contributed by atoms with Crippen LogP contribution in [0.4, 0.5) is 0 Å². The monoisotopic (exact) mass is 314 g/mol. The molecule has 0 radical (unpaired) electrons. The van der Waals surface area contributed by atoms with Gasteiger partial charge in [0.05, 0.1) is 10.5 Å². The molecule has 1 aromatic carbocycles. The van der Waals surface area contributed by atoms with Gasteiger partial charge in [-0.2, -0.15) is 0 Å². The van der Waals surface area contributed by atoms with Crippen LogP contribution in [0, 0.1) is 13.8 Å². The second-order valence-corrected chi connectivity index (χ2v) is 7.60. The number of sulfonamides is 1. The highest BCUT2D eigenvalue weighted by Gasteiger charge is 2.23. The van der Waals surface area contributed by atoms with Crippen molar-refractivity contribution in [3.8, 4) is 0 Å². The molecule has 5 nitrogen and oxygen atoms in total. The minimum Gasteiger partial charge on any atom is -0.377 e. The Morgan fingerprint density at radius 1 is 1.19 bits per heavy atom. The number of rotatable bonds is 7.